The number of hydrogen-bond donors (Lipinski definition) is 2. The van der Waals surface area contributed by atoms with Crippen LogP contribution in [0.4, 0.5) is 0 Å². The second-order valence-corrected chi connectivity index (χ2v) is 4.51. The molecule has 0 atom stereocenters. The van der Waals surface area contributed by atoms with Crippen molar-refractivity contribution in [1.82, 2.24) is 9.97 Å². The number of benzene rings is 1. The van der Waals surface area contributed by atoms with Crippen LogP contribution in [0.2, 0.25) is 0 Å². The van der Waals surface area contributed by atoms with E-state index < -0.39 is 0 Å². The molecule has 1 aromatic carbocycles. The van der Waals surface area contributed by atoms with Crippen LogP contribution in [0.15, 0.2) is 40.5 Å². The molecular weight excluding hydrogens is 259 g/mol. The molecule has 6 heteroatoms. The van der Waals surface area contributed by atoms with Crippen molar-refractivity contribution in [2.24, 2.45) is 0 Å². The number of rotatable bonds is 1. The van der Waals surface area contributed by atoms with Gasteiger partial charge in [-0.05, 0) is 6.07 Å². The Bertz CT molecular complexity index is 751. The number of aromatic nitrogens is 2. The molecule has 0 saturated carbocycles. The quantitative estimate of drug-likeness (QED) is 0.660. The van der Waals surface area contributed by atoms with E-state index in [0.717, 1.165) is 21.7 Å². The molecule has 3 rings (SSSR count). The first kappa shape index (κ1) is 13.3. The van der Waals surface area contributed by atoms with E-state index in [9.17, 15) is 9.90 Å². The summed E-state index contributed by atoms with van der Waals surface area (Å²) in [6.45, 7) is 0. The van der Waals surface area contributed by atoms with E-state index in [0.29, 0.717) is 5.82 Å². The second kappa shape index (κ2) is 5.24. The molecule has 0 aliphatic rings. The Morgan fingerprint density at radius 2 is 2.06 bits per heavy atom. The van der Waals surface area contributed by atoms with Crippen LogP contribution in [-0.2, 0) is 0 Å². The Labute approximate surface area is 129 Å². The van der Waals surface area contributed by atoms with Gasteiger partial charge < -0.3 is 10.1 Å². The van der Waals surface area contributed by atoms with Crippen molar-refractivity contribution in [2.75, 3.05) is 0 Å². The molecule has 0 fully saturated rings. The van der Waals surface area contributed by atoms with Gasteiger partial charge in [-0.3, -0.25) is 4.79 Å². The average Bonchev–Trinajstić information content (AvgIpc) is 2.71. The molecule has 2 aromatic heterocycles. The molecule has 3 aromatic rings. The van der Waals surface area contributed by atoms with Crippen molar-refractivity contribution in [2.45, 2.75) is 0 Å². The summed E-state index contributed by atoms with van der Waals surface area (Å²) in [5.74, 6) is 0.131. The van der Waals surface area contributed by atoms with Crippen molar-refractivity contribution >= 4 is 51.0 Å². The monoisotopic (exact) mass is 268 g/mol. The molecule has 4 nitrogen and oxygen atoms in total. The normalized spacial score (nSPS) is 10.2. The number of aromatic hydroxyl groups is 1. The number of nitrogens with zero attached hydrogens (tertiary/aromatic N) is 1. The third-order valence-electron chi connectivity index (χ3n) is 2.46. The summed E-state index contributed by atoms with van der Waals surface area (Å²) in [5.41, 5.74) is 0.474. The van der Waals surface area contributed by atoms with E-state index in [2.05, 4.69) is 9.97 Å². The average molecular weight is 268 g/mol. The van der Waals surface area contributed by atoms with E-state index >= 15 is 0 Å². The van der Waals surface area contributed by atoms with Crippen LogP contribution in [0.25, 0.3) is 21.5 Å². The molecule has 86 valence electrons. The fourth-order valence-corrected chi connectivity index (χ4v) is 2.68. The van der Waals surface area contributed by atoms with Crippen LogP contribution >= 0.6 is 11.3 Å². The number of hydrogen-bond acceptors (Lipinski definition) is 4. The SMILES string of the molecule is O=c1cc(O)nc(-c2csc3ccccc23)[nH]1.[NaH]. The van der Waals surface area contributed by atoms with Crippen LogP contribution < -0.4 is 5.56 Å². The van der Waals surface area contributed by atoms with Gasteiger partial charge in [0.25, 0.3) is 5.56 Å². The summed E-state index contributed by atoms with van der Waals surface area (Å²) in [4.78, 5) is 17.8. The van der Waals surface area contributed by atoms with Gasteiger partial charge in [0.1, 0.15) is 5.82 Å². The van der Waals surface area contributed by atoms with Crippen LogP contribution in [-0.4, -0.2) is 44.6 Å². The van der Waals surface area contributed by atoms with E-state index in [1.807, 2.05) is 29.6 Å². The van der Waals surface area contributed by atoms with Crippen molar-refractivity contribution in [1.29, 1.82) is 0 Å². The summed E-state index contributed by atoms with van der Waals surface area (Å²) in [5, 5.41) is 12.3. The maximum absolute atomic E-state index is 11.3. The summed E-state index contributed by atoms with van der Waals surface area (Å²) in [6.07, 6.45) is 0. The van der Waals surface area contributed by atoms with Gasteiger partial charge in [0.2, 0.25) is 5.88 Å². The van der Waals surface area contributed by atoms with Gasteiger partial charge in [-0.2, -0.15) is 4.98 Å². The standard InChI is InChI=1S/C12H8N2O2S.Na.H/c15-10-5-11(16)14-12(13-10)8-6-17-9-4-2-1-3-7(8)9;;/h1-6H,(H2,13,14,15,16);;. The van der Waals surface area contributed by atoms with Crippen molar-refractivity contribution < 1.29 is 5.11 Å². The van der Waals surface area contributed by atoms with Gasteiger partial charge in [-0.25, -0.2) is 0 Å². The van der Waals surface area contributed by atoms with Crippen LogP contribution in [0.5, 0.6) is 5.88 Å². The fourth-order valence-electron chi connectivity index (χ4n) is 1.73. The molecule has 0 amide bonds. The molecule has 0 unspecified atom stereocenters. The molecule has 0 aliphatic heterocycles. The number of fused-ring (bicyclic) bond motifs is 1. The molecule has 0 aliphatic carbocycles. The first-order valence-electron chi connectivity index (χ1n) is 5.01. The summed E-state index contributed by atoms with van der Waals surface area (Å²) >= 11 is 1.58. The van der Waals surface area contributed by atoms with Crippen molar-refractivity contribution in [3.05, 3.63) is 46.1 Å². The zero-order chi connectivity index (χ0) is 11.8. The third-order valence-corrected chi connectivity index (χ3v) is 3.43. The molecule has 0 radical (unpaired) electrons. The van der Waals surface area contributed by atoms with Gasteiger partial charge in [-0.15, -0.1) is 11.3 Å². The van der Waals surface area contributed by atoms with Gasteiger partial charge in [0, 0.05) is 21.0 Å². The Morgan fingerprint density at radius 3 is 2.83 bits per heavy atom. The van der Waals surface area contributed by atoms with Crippen LogP contribution in [0, 0.1) is 0 Å². The topological polar surface area (TPSA) is 66.0 Å². The van der Waals surface area contributed by atoms with Crippen LogP contribution in [0.3, 0.4) is 0 Å². The van der Waals surface area contributed by atoms with Gasteiger partial charge in [0.05, 0.1) is 6.07 Å². The fraction of sp³-hybridized carbons (Fsp3) is 0. The summed E-state index contributed by atoms with van der Waals surface area (Å²) < 4.78 is 1.12. The zero-order valence-electron chi connectivity index (χ0n) is 8.68. The summed E-state index contributed by atoms with van der Waals surface area (Å²) in [6, 6.07) is 8.91. The van der Waals surface area contributed by atoms with Gasteiger partial charge in [-0.1, -0.05) is 18.2 Å². The van der Waals surface area contributed by atoms with Crippen molar-refractivity contribution in [3.63, 3.8) is 0 Å². The first-order valence-corrected chi connectivity index (χ1v) is 5.89. The number of thiophene rings is 1. The maximum atomic E-state index is 11.3. The molecule has 18 heavy (non-hydrogen) atoms. The molecule has 2 heterocycles. The number of nitrogens with one attached hydrogen (secondary N) is 1. The Hall–Kier alpha value is -1.14. The third kappa shape index (κ3) is 2.35. The molecule has 0 saturated heterocycles. The van der Waals surface area contributed by atoms with Crippen molar-refractivity contribution in [3.8, 4) is 17.3 Å². The van der Waals surface area contributed by atoms with Crippen LogP contribution in [0.1, 0.15) is 0 Å². The number of aromatic amines is 1. The molecule has 0 spiro atoms. The Morgan fingerprint density at radius 1 is 1.28 bits per heavy atom. The molecule has 2 N–H and O–H groups in total. The molecule has 0 bridgehead atoms. The predicted octanol–water partition coefficient (Wildman–Crippen LogP) is 1.71. The second-order valence-electron chi connectivity index (χ2n) is 3.60. The van der Waals surface area contributed by atoms with E-state index in [-0.39, 0.29) is 41.0 Å². The Kier molecular flexibility index (Phi) is 3.87. The molecular formula is C12H9N2NaO2S. The minimum absolute atomic E-state index is 0. The first-order chi connectivity index (χ1) is 8.24. The van der Waals surface area contributed by atoms with E-state index in [1.165, 1.54) is 0 Å². The predicted molar refractivity (Wildman–Crippen MR) is 74.5 cm³/mol. The Balaban J connectivity index is 0.00000120. The van der Waals surface area contributed by atoms with Gasteiger partial charge in [0.15, 0.2) is 0 Å². The minimum atomic E-state index is -0.359. The zero-order valence-corrected chi connectivity index (χ0v) is 9.49. The van der Waals surface area contributed by atoms with Gasteiger partial charge >= 0.3 is 29.6 Å². The van der Waals surface area contributed by atoms with E-state index in [4.69, 9.17) is 0 Å². The summed E-state index contributed by atoms with van der Waals surface area (Å²) in [7, 11) is 0. The van der Waals surface area contributed by atoms with E-state index in [1.54, 1.807) is 11.3 Å². The number of H-pyrrole nitrogens is 1.